The number of rotatable bonds is 6. The lowest BCUT2D eigenvalue weighted by molar-refractivity contribution is 0.0957. The van der Waals surface area contributed by atoms with E-state index in [1.54, 1.807) is 13.0 Å². The van der Waals surface area contributed by atoms with E-state index in [2.05, 4.69) is 10.6 Å². The fourth-order valence-corrected chi connectivity index (χ4v) is 1.71. The van der Waals surface area contributed by atoms with Gasteiger partial charge in [-0.2, -0.15) is 0 Å². The predicted molar refractivity (Wildman–Crippen MR) is 61.2 cm³/mol. The van der Waals surface area contributed by atoms with Crippen molar-refractivity contribution < 1.29 is 9.90 Å². The summed E-state index contributed by atoms with van der Waals surface area (Å²) in [5, 5.41) is 16.6. The molecule has 0 saturated heterocycles. The van der Waals surface area contributed by atoms with Crippen molar-refractivity contribution in [2.45, 2.75) is 13.0 Å². The fourth-order valence-electron chi connectivity index (χ4n) is 1.07. The minimum atomic E-state index is -0.349. The number of nitrogens with one attached hydrogen (secondary N) is 2. The Morgan fingerprint density at radius 3 is 3.00 bits per heavy atom. The Kier molecular flexibility index (Phi) is 5.31. The van der Waals surface area contributed by atoms with Crippen molar-refractivity contribution in [1.82, 2.24) is 10.6 Å². The van der Waals surface area contributed by atoms with Crippen molar-refractivity contribution in [3.63, 3.8) is 0 Å². The maximum Gasteiger partial charge on any atom is 0.261 e. The van der Waals surface area contributed by atoms with Gasteiger partial charge in [-0.15, -0.1) is 11.3 Å². The van der Waals surface area contributed by atoms with E-state index in [1.807, 2.05) is 11.4 Å². The largest absolute Gasteiger partial charge is 0.392 e. The van der Waals surface area contributed by atoms with E-state index >= 15 is 0 Å². The van der Waals surface area contributed by atoms with Gasteiger partial charge in [-0.3, -0.25) is 4.79 Å². The van der Waals surface area contributed by atoms with Crippen molar-refractivity contribution >= 4 is 17.2 Å². The quantitative estimate of drug-likeness (QED) is 0.619. The predicted octanol–water partition coefficient (Wildman–Crippen LogP) is 0.448. The monoisotopic (exact) mass is 228 g/mol. The van der Waals surface area contributed by atoms with Crippen LogP contribution < -0.4 is 10.6 Å². The molecule has 0 fully saturated rings. The Balaban J connectivity index is 2.08. The first-order valence-corrected chi connectivity index (χ1v) is 5.78. The summed E-state index contributed by atoms with van der Waals surface area (Å²) in [4.78, 5) is 12.2. The molecule has 1 aromatic rings. The van der Waals surface area contributed by atoms with Crippen LogP contribution in [-0.2, 0) is 0 Å². The van der Waals surface area contributed by atoms with E-state index < -0.39 is 0 Å². The van der Waals surface area contributed by atoms with Gasteiger partial charge in [0.15, 0.2) is 0 Å². The minimum Gasteiger partial charge on any atom is -0.392 e. The van der Waals surface area contributed by atoms with Gasteiger partial charge >= 0.3 is 0 Å². The summed E-state index contributed by atoms with van der Waals surface area (Å²) in [6.07, 6.45) is -0.349. The highest BCUT2D eigenvalue weighted by Gasteiger charge is 2.04. The lowest BCUT2D eigenvalue weighted by Gasteiger charge is -2.07. The second-order valence-corrected chi connectivity index (χ2v) is 4.23. The van der Waals surface area contributed by atoms with Gasteiger partial charge in [0.2, 0.25) is 0 Å². The zero-order valence-corrected chi connectivity index (χ0v) is 9.51. The maximum absolute atomic E-state index is 11.4. The molecule has 5 heteroatoms. The molecule has 1 aromatic heterocycles. The summed E-state index contributed by atoms with van der Waals surface area (Å²) in [6.45, 7) is 3.51. The molecule has 1 rings (SSSR count). The molecular formula is C10H16N2O2S. The lowest BCUT2D eigenvalue weighted by Crippen LogP contribution is -2.34. The van der Waals surface area contributed by atoms with Gasteiger partial charge in [0.1, 0.15) is 0 Å². The number of carbonyl (C=O) groups is 1. The first-order chi connectivity index (χ1) is 7.20. The molecule has 0 aliphatic heterocycles. The van der Waals surface area contributed by atoms with E-state index in [0.29, 0.717) is 19.6 Å². The van der Waals surface area contributed by atoms with Crippen LogP contribution in [0.15, 0.2) is 17.5 Å². The van der Waals surface area contributed by atoms with E-state index in [0.717, 1.165) is 4.88 Å². The fraction of sp³-hybridized carbons (Fsp3) is 0.500. The van der Waals surface area contributed by atoms with Crippen LogP contribution in [0.4, 0.5) is 0 Å². The second kappa shape index (κ2) is 6.55. The van der Waals surface area contributed by atoms with Crippen molar-refractivity contribution in [3.05, 3.63) is 22.4 Å². The van der Waals surface area contributed by atoms with E-state index in [4.69, 9.17) is 5.11 Å². The van der Waals surface area contributed by atoms with Gasteiger partial charge in [-0.25, -0.2) is 0 Å². The molecule has 0 aromatic carbocycles. The summed E-state index contributed by atoms with van der Waals surface area (Å²) in [5.74, 6) is -0.0381. The van der Waals surface area contributed by atoms with Crippen LogP contribution in [0.25, 0.3) is 0 Å². The standard InChI is InChI=1S/C10H16N2O2S/c1-8(13)7-11-4-5-12-10(14)9-3-2-6-15-9/h2-3,6,8,11,13H,4-5,7H2,1H3,(H,12,14). The lowest BCUT2D eigenvalue weighted by atomic mass is 10.4. The van der Waals surface area contributed by atoms with Crippen molar-refractivity contribution in [1.29, 1.82) is 0 Å². The molecule has 0 bridgehead atoms. The molecule has 0 aliphatic rings. The van der Waals surface area contributed by atoms with Crippen molar-refractivity contribution in [2.75, 3.05) is 19.6 Å². The number of aliphatic hydroxyl groups is 1. The Morgan fingerprint density at radius 2 is 2.40 bits per heavy atom. The topological polar surface area (TPSA) is 61.4 Å². The van der Waals surface area contributed by atoms with Crippen LogP contribution in [0.5, 0.6) is 0 Å². The highest BCUT2D eigenvalue weighted by Crippen LogP contribution is 2.07. The summed E-state index contributed by atoms with van der Waals surface area (Å²) in [6, 6.07) is 3.65. The van der Waals surface area contributed by atoms with Crippen LogP contribution >= 0.6 is 11.3 Å². The molecule has 1 atom stereocenters. The molecule has 1 unspecified atom stereocenters. The summed E-state index contributed by atoms with van der Waals surface area (Å²) in [7, 11) is 0. The first-order valence-electron chi connectivity index (χ1n) is 4.90. The van der Waals surface area contributed by atoms with Crippen LogP contribution in [0.3, 0.4) is 0 Å². The van der Waals surface area contributed by atoms with Gasteiger partial charge in [0, 0.05) is 19.6 Å². The summed E-state index contributed by atoms with van der Waals surface area (Å²) >= 11 is 1.43. The number of thiophene rings is 1. The molecule has 0 spiro atoms. The SMILES string of the molecule is CC(O)CNCCNC(=O)c1cccs1. The van der Waals surface area contributed by atoms with E-state index in [9.17, 15) is 4.79 Å². The maximum atomic E-state index is 11.4. The van der Waals surface area contributed by atoms with Gasteiger partial charge in [-0.1, -0.05) is 6.07 Å². The minimum absolute atomic E-state index is 0.0381. The third-order valence-corrected chi connectivity index (χ3v) is 2.64. The number of hydrogen-bond acceptors (Lipinski definition) is 4. The van der Waals surface area contributed by atoms with Crippen molar-refractivity contribution in [3.8, 4) is 0 Å². The summed E-state index contributed by atoms with van der Waals surface area (Å²) < 4.78 is 0. The molecule has 1 heterocycles. The Morgan fingerprint density at radius 1 is 1.60 bits per heavy atom. The average molecular weight is 228 g/mol. The summed E-state index contributed by atoms with van der Waals surface area (Å²) in [5.41, 5.74) is 0. The van der Waals surface area contributed by atoms with Crippen LogP contribution in [0.2, 0.25) is 0 Å². The van der Waals surface area contributed by atoms with Crippen LogP contribution in [0, 0.1) is 0 Å². The average Bonchev–Trinajstić information content (AvgIpc) is 2.69. The number of carbonyl (C=O) groups excluding carboxylic acids is 1. The molecule has 15 heavy (non-hydrogen) atoms. The van der Waals surface area contributed by atoms with Gasteiger partial charge < -0.3 is 15.7 Å². The smallest absolute Gasteiger partial charge is 0.261 e. The molecule has 3 N–H and O–H groups in total. The number of amides is 1. The second-order valence-electron chi connectivity index (χ2n) is 3.29. The highest BCUT2D eigenvalue weighted by molar-refractivity contribution is 7.12. The Labute approximate surface area is 93.3 Å². The molecule has 0 saturated carbocycles. The highest BCUT2D eigenvalue weighted by atomic mass is 32.1. The zero-order valence-electron chi connectivity index (χ0n) is 8.69. The van der Waals surface area contributed by atoms with E-state index in [-0.39, 0.29) is 12.0 Å². The van der Waals surface area contributed by atoms with Crippen LogP contribution in [0.1, 0.15) is 16.6 Å². The van der Waals surface area contributed by atoms with Gasteiger partial charge in [-0.05, 0) is 18.4 Å². The third-order valence-electron chi connectivity index (χ3n) is 1.77. The van der Waals surface area contributed by atoms with Gasteiger partial charge in [0.05, 0.1) is 11.0 Å². The van der Waals surface area contributed by atoms with Crippen molar-refractivity contribution in [2.24, 2.45) is 0 Å². The molecular weight excluding hydrogens is 212 g/mol. The Hall–Kier alpha value is -0.910. The van der Waals surface area contributed by atoms with E-state index in [1.165, 1.54) is 11.3 Å². The zero-order chi connectivity index (χ0) is 11.1. The van der Waals surface area contributed by atoms with Gasteiger partial charge in [0.25, 0.3) is 5.91 Å². The van der Waals surface area contributed by atoms with Crippen LogP contribution in [-0.4, -0.2) is 36.8 Å². The third kappa shape index (κ3) is 4.92. The molecule has 0 aliphatic carbocycles. The Bertz CT molecular complexity index is 286. The molecule has 1 amide bonds. The molecule has 4 nitrogen and oxygen atoms in total. The molecule has 0 radical (unpaired) electrons. The molecule has 84 valence electrons. The normalized spacial score (nSPS) is 12.4. The number of aliphatic hydroxyl groups excluding tert-OH is 1. The first kappa shape index (κ1) is 12.2. The number of hydrogen-bond donors (Lipinski definition) is 3.